The Morgan fingerprint density at radius 3 is 2.39 bits per heavy atom. The Morgan fingerprint density at radius 1 is 0.935 bits per heavy atom. The van der Waals surface area contributed by atoms with Crippen molar-refractivity contribution in [3.05, 3.63) is 69.7 Å². The molecule has 12 heteroatoms. The minimum absolute atomic E-state index is 0.0739. The third-order valence-electron chi connectivity index (χ3n) is 7.96. The first-order valence-corrected chi connectivity index (χ1v) is 17.5. The number of piperidine rings is 1. The molecule has 1 saturated heterocycles. The van der Waals surface area contributed by atoms with E-state index in [2.05, 4.69) is 16.0 Å². The van der Waals surface area contributed by atoms with Gasteiger partial charge in [0.05, 0.1) is 21.2 Å². The van der Waals surface area contributed by atoms with E-state index >= 15 is 0 Å². The fourth-order valence-corrected chi connectivity index (χ4v) is 6.44. The van der Waals surface area contributed by atoms with E-state index in [1.54, 1.807) is 23.1 Å². The van der Waals surface area contributed by atoms with Gasteiger partial charge in [-0.2, -0.15) is 0 Å². The van der Waals surface area contributed by atoms with Crippen LogP contribution in [0.2, 0.25) is 10.0 Å². The molecule has 3 N–H and O–H groups in total. The molecule has 4 amide bonds. The number of nitrogens with one attached hydrogen (secondary N) is 3. The van der Waals surface area contributed by atoms with Gasteiger partial charge in [0.2, 0.25) is 23.6 Å². The summed E-state index contributed by atoms with van der Waals surface area (Å²) in [6, 6.07) is 14.1. The number of hydrogen-bond donors (Lipinski definition) is 3. The average Bonchev–Trinajstić information content (AvgIpc) is 3.03. The summed E-state index contributed by atoms with van der Waals surface area (Å²) in [5.74, 6) is -0.669. The van der Waals surface area contributed by atoms with Crippen LogP contribution in [0, 0.1) is 5.41 Å². The lowest BCUT2D eigenvalue weighted by atomic mass is 9.74. The van der Waals surface area contributed by atoms with Gasteiger partial charge in [0.1, 0.15) is 6.04 Å². The Morgan fingerprint density at radius 2 is 1.70 bits per heavy atom. The zero-order chi connectivity index (χ0) is 33.5. The van der Waals surface area contributed by atoms with Crippen molar-refractivity contribution in [2.75, 3.05) is 31.9 Å². The molecule has 0 aromatic heterocycles. The molecule has 0 aliphatic carbocycles. The maximum atomic E-state index is 14.1. The molecule has 0 bridgehead atoms. The van der Waals surface area contributed by atoms with Crippen LogP contribution in [0.4, 0.5) is 0 Å². The normalized spacial score (nSPS) is 16.7. The second-order valence-electron chi connectivity index (χ2n) is 11.7. The molecule has 1 heterocycles. The SMILES string of the molecule is CCNC(=O)[C@]1(Cc2ccccc2)CCCN(C(=O)[C@@H](Cc2ccc(Cl)c(Cl)c2)NC(=O)CCCCCNC(=O)CSC(C)=O)C1. The minimum Gasteiger partial charge on any atom is -0.356 e. The van der Waals surface area contributed by atoms with E-state index in [9.17, 15) is 24.0 Å². The van der Waals surface area contributed by atoms with Crippen molar-refractivity contribution in [3.8, 4) is 0 Å². The molecule has 46 heavy (non-hydrogen) atoms. The molecule has 3 rings (SSSR count). The molecule has 250 valence electrons. The van der Waals surface area contributed by atoms with E-state index in [4.69, 9.17) is 23.2 Å². The van der Waals surface area contributed by atoms with Crippen LogP contribution in [0.15, 0.2) is 48.5 Å². The molecule has 0 radical (unpaired) electrons. The second-order valence-corrected chi connectivity index (χ2v) is 13.6. The Labute approximate surface area is 285 Å². The number of unbranched alkanes of at least 4 members (excludes halogenated alkanes) is 2. The highest BCUT2D eigenvalue weighted by atomic mass is 35.5. The maximum absolute atomic E-state index is 14.1. The number of amides is 4. The van der Waals surface area contributed by atoms with E-state index in [0.29, 0.717) is 68.2 Å². The maximum Gasteiger partial charge on any atom is 0.245 e. The standard InChI is InChI=1S/C34H44Cl2N4O5S/c1-3-37-33(45)34(21-25-11-6-4-7-12-25)16-10-18-40(23-34)32(44)29(20-26-14-15-27(35)28(36)19-26)39-30(42)13-8-5-9-17-38-31(43)22-46-24(2)41/h4,6-7,11-12,14-15,19,29H,3,5,8-10,13,16-18,20-23H2,1-2H3,(H,37,45)(H,38,43)(H,39,42)/t29-,34+/m1/s1. The summed E-state index contributed by atoms with van der Waals surface area (Å²) in [6.07, 6.45) is 4.23. The van der Waals surface area contributed by atoms with Crippen molar-refractivity contribution in [3.63, 3.8) is 0 Å². The lowest BCUT2D eigenvalue weighted by Crippen LogP contribution is -2.58. The van der Waals surface area contributed by atoms with Crippen LogP contribution in [-0.4, -0.2) is 71.6 Å². The molecule has 2 aromatic carbocycles. The predicted molar refractivity (Wildman–Crippen MR) is 184 cm³/mol. The Bertz CT molecular complexity index is 1360. The predicted octanol–water partition coefficient (Wildman–Crippen LogP) is 4.96. The van der Waals surface area contributed by atoms with Crippen molar-refractivity contribution in [1.29, 1.82) is 0 Å². The first-order valence-electron chi connectivity index (χ1n) is 15.8. The number of rotatable bonds is 16. The van der Waals surface area contributed by atoms with E-state index in [-0.39, 0.29) is 53.9 Å². The molecule has 9 nitrogen and oxygen atoms in total. The van der Waals surface area contributed by atoms with Gasteiger partial charge < -0.3 is 20.9 Å². The van der Waals surface area contributed by atoms with E-state index in [1.165, 1.54) is 6.92 Å². The monoisotopic (exact) mass is 690 g/mol. The van der Waals surface area contributed by atoms with Crippen LogP contribution in [0.25, 0.3) is 0 Å². The lowest BCUT2D eigenvalue weighted by molar-refractivity contribution is -0.144. The quantitative estimate of drug-likeness (QED) is 0.214. The number of nitrogens with zero attached hydrogens (tertiary/aromatic N) is 1. The van der Waals surface area contributed by atoms with E-state index < -0.39 is 11.5 Å². The van der Waals surface area contributed by atoms with Gasteiger partial charge in [-0.05, 0) is 62.3 Å². The van der Waals surface area contributed by atoms with Gasteiger partial charge in [0.15, 0.2) is 5.12 Å². The van der Waals surface area contributed by atoms with Crippen LogP contribution in [0.3, 0.4) is 0 Å². The van der Waals surface area contributed by atoms with Gasteiger partial charge in [-0.15, -0.1) is 0 Å². The average molecular weight is 692 g/mol. The highest BCUT2D eigenvalue weighted by Gasteiger charge is 2.44. The topological polar surface area (TPSA) is 125 Å². The van der Waals surface area contributed by atoms with Crippen molar-refractivity contribution in [2.24, 2.45) is 5.41 Å². The van der Waals surface area contributed by atoms with Gasteiger partial charge in [0.25, 0.3) is 0 Å². The number of thioether (sulfide) groups is 1. The van der Waals surface area contributed by atoms with Crippen molar-refractivity contribution in [1.82, 2.24) is 20.9 Å². The Hall–Kier alpha value is -3.08. The third-order valence-corrected chi connectivity index (χ3v) is 9.51. The zero-order valence-corrected chi connectivity index (χ0v) is 28.9. The molecule has 1 fully saturated rings. The number of carbonyl (C=O) groups excluding carboxylic acids is 5. The smallest absolute Gasteiger partial charge is 0.245 e. The fourth-order valence-electron chi connectivity index (χ4n) is 5.69. The van der Waals surface area contributed by atoms with Gasteiger partial charge in [-0.3, -0.25) is 24.0 Å². The molecular weight excluding hydrogens is 647 g/mol. The van der Waals surface area contributed by atoms with Crippen molar-refractivity contribution in [2.45, 2.75) is 71.3 Å². The van der Waals surface area contributed by atoms with Crippen LogP contribution in [0.1, 0.15) is 63.5 Å². The second kappa shape index (κ2) is 18.9. The summed E-state index contributed by atoms with van der Waals surface area (Å²) in [5.41, 5.74) is 0.991. The van der Waals surface area contributed by atoms with E-state index in [0.717, 1.165) is 22.9 Å². The van der Waals surface area contributed by atoms with Gasteiger partial charge in [-0.25, -0.2) is 0 Å². The summed E-state index contributed by atoms with van der Waals surface area (Å²) < 4.78 is 0. The zero-order valence-electron chi connectivity index (χ0n) is 26.5. The number of carbonyl (C=O) groups is 5. The first kappa shape index (κ1) is 37.4. The first-order chi connectivity index (χ1) is 22.0. The van der Waals surface area contributed by atoms with E-state index in [1.807, 2.05) is 37.3 Å². The van der Waals surface area contributed by atoms with Crippen LogP contribution in [0.5, 0.6) is 0 Å². The Balaban J connectivity index is 1.68. The van der Waals surface area contributed by atoms with Gasteiger partial charge in [-0.1, -0.05) is 77.8 Å². The molecule has 2 atom stereocenters. The van der Waals surface area contributed by atoms with Crippen LogP contribution < -0.4 is 16.0 Å². The van der Waals surface area contributed by atoms with Crippen LogP contribution in [-0.2, 0) is 36.8 Å². The fraction of sp³-hybridized carbons (Fsp3) is 0.500. The summed E-state index contributed by atoms with van der Waals surface area (Å²) in [6.45, 7) is 4.99. The van der Waals surface area contributed by atoms with Crippen molar-refractivity contribution < 1.29 is 24.0 Å². The Kier molecular flexibility index (Phi) is 15.4. The number of hydrogen-bond acceptors (Lipinski definition) is 6. The highest BCUT2D eigenvalue weighted by Crippen LogP contribution is 2.35. The molecule has 0 saturated carbocycles. The minimum atomic E-state index is -0.857. The van der Waals surface area contributed by atoms with Gasteiger partial charge >= 0.3 is 0 Å². The number of halogens is 2. The molecule has 1 aliphatic heterocycles. The molecule has 0 spiro atoms. The molecule has 2 aromatic rings. The third kappa shape index (κ3) is 11.9. The molecule has 1 aliphatic rings. The van der Waals surface area contributed by atoms with Crippen LogP contribution >= 0.6 is 35.0 Å². The number of likely N-dealkylation sites (tertiary alicyclic amines) is 1. The molecule has 0 unspecified atom stereocenters. The molecular formula is C34H44Cl2N4O5S. The summed E-state index contributed by atoms with van der Waals surface area (Å²) >= 11 is 13.4. The largest absolute Gasteiger partial charge is 0.356 e. The summed E-state index contributed by atoms with van der Waals surface area (Å²) in [5, 5.41) is 9.37. The van der Waals surface area contributed by atoms with Gasteiger partial charge in [0, 0.05) is 45.9 Å². The highest BCUT2D eigenvalue weighted by molar-refractivity contribution is 8.14. The van der Waals surface area contributed by atoms with Crippen molar-refractivity contribution >= 4 is 63.7 Å². The lowest BCUT2D eigenvalue weighted by Gasteiger charge is -2.43. The summed E-state index contributed by atoms with van der Waals surface area (Å²) in [7, 11) is 0. The summed E-state index contributed by atoms with van der Waals surface area (Å²) in [4.78, 5) is 65.3. The number of benzene rings is 2.